The van der Waals surface area contributed by atoms with Crippen molar-refractivity contribution in [1.29, 1.82) is 0 Å². The number of nitrogens with one attached hydrogen (secondary N) is 1. The summed E-state index contributed by atoms with van der Waals surface area (Å²) in [5.41, 5.74) is 2.76. The van der Waals surface area contributed by atoms with Crippen LogP contribution in [0.2, 0.25) is 5.02 Å². The quantitative estimate of drug-likeness (QED) is 0.836. The van der Waals surface area contributed by atoms with Crippen LogP contribution in [0, 0.1) is 18.8 Å². The van der Waals surface area contributed by atoms with Gasteiger partial charge in [-0.2, -0.15) is 11.3 Å². The lowest BCUT2D eigenvalue weighted by Gasteiger charge is -2.07. The molecule has 0 atom stereocenters. The molecule has 1 heterocycles. The van der Waals surface area contributed by atoms with Gasteiger partial charge >= 0.3 is 0 Å². The second-order valence-corrected chi connectivity index (χ2v) is 5.23. The number of carbonyl (C=O) groups is 1. The van der Waals surface area contributed by atoms with Gasteiger partial charge in [-0.1, -0.05) is 23.4 Å². The van der Waals surface area contributed by atoms with Gasteiger partial charge in [-0.25, -0.2) is 0 Å². The Morgan fingerprint density at radius 1 is 1.45 bits per heavy atom. The van der Waals surface area contributed by atoms with Crippen molar-refractivity contribution in [3.05, 3.63) is 50.7 Å². The zero-order valence-corrected chi connectivity index (χ0v) is 12.3. The largest absolute Gasteiger partial charge is 0.384 e. The summed E-state index contributed by atoms with van der Waals surface area (Å²) in [6.07, 6.45) is 0. The molecule has 3 nitrogen and oxygen atoms in total. The highest BCUT2D eigenvalue weighted by molar-refractivity contribution is 7.08. The molecule has 0 bridgehead atoms. The van der Waals surface area contributed by atoms with Crippen molar-refractivity contribution in [1.82, 2.24) is 0 Å². The van der Waals surface area contributed by atoms with Crippen LogP contribution in [0.3, 0.4) is 0 Å². The Morgan fingerprint density at radius 2 is 2.25 bits per heavy atom. The molecule has 0 aliphatic rings. The molecule has 0 saturated heterocycles. The second-order valence-electron chi connectivity index (χ2n) is 4.08. The molecule has 102 valence electrons. The number of hydrogen-bond donors (Lipinski definition) is 2. The van der Waals surface area contributed by atoms with Crippen LogP contribution in [0.1, 0.15) is 21.5 Å². The van der Waals surface area contributed by atoms with Crippen molar-refractivity contribution in [2.75, 3.05) is 11.9 Å². The lowest BCUT2D eigenvalue weighted by atomic mass is 10.1. The summed E-state index contributed by atoms with van der Waals surface area (Å²) < 4.78 is 0. The van der Waals surface area contributed by atoms with Gasteiger partial charge in [0.05, 0.1) is 16.3 Å². The van der Waals surface area contributed by atoms with E-state index in [0.717, 1.165) is 5.56 Å². The molecule has 0 fully saturated rings. The van der Waals surface area contributed by atoms with Crippen molar-refractivity contribution >= 4 is 34.5 Å². The van der Waals surface area contributed by atoms with Crippen LogP contribution in [0.4, 0.5) is 5.69 Å². The third kappa shape index (κ3) is 3.40. The van der Waals surface area contributed by atoms with E-state index in [2.05, 4.69) is 17.2 Å². The number of halogens is 1. The molecular weight excluding hydrogens is 294 g/mol. The predicted octanol–water partition coefficient (Wildman–Crippen LogP) is 3.31. The number of benzene rings is 1. The summed E-state index contributed by atoms with van der Waals surface area (Å²) in [6, 6.07) is 5.08. The van der Waals surface area contributed by atoms with E-state index in [0.29, 0.717) is 21.8 Å². The molecule has 1 amide bonds. The highest BCUT2D eigenvalue weighted by Gasteiger charge is 2.11. The Bertz CT molecular complexity index is 697. The fourth-order valence-corrected chi connectivity index (χ4v) is 2.62. The molecule has 0 aliphatic carbocycles. The Kier molecular flexibility index (Phi) is 4.80. The van der Waals surface area contributed by atoms with E-state index in [1.807, 2.05) is 12.3 Å². The molecule has 0 unspecified atom stereocenters. The van der Waals surface area contributed by atoms with Crippen molar-refractivity contribution in [2.45, 2.75) is 6.92 Å². The van der Waals surface area contributed by atoms with Crippen LogP contribution in [0.25, 0.3) is 0 Å². The van der Waals surface area contributed by atoms with Gasteiger partial charge in [0, 0.05) is 10.9 Å². The van der Waals surface area contributed by atoms with Gasteiger partial charge in [0.2, 0.25) is 0 Å². The van der Waals surface area contributed by atoms with E-state index in [1.54, 1.807) is 23.6 Å². The first-order valence-electron chi connectivity index (χ1n) is 5.85. The maximum absolute atomic E-state index is 12.1. The molecule has 1 aromatic heterocycles. The standard InChI is InChI=1S/C15H12ClNO2S/c1-10-8-20-9-12(10)15(19)17-14-7-11(3-2-6-18)4-5-13(14)16/h4-5,7-9,18H,6H2,1H3,(H,17,19). The van der Waals surface area contributed by atoms with Crippen molar-refractivity contribution in [3.63, 3.8) is 0 Å². The fourth-order valence-electron chi connectivity index (χ4n) is 1.62. The van der Waals surface area contributed by atoms with Crippen LogP contribution in [-0.4, -0.2) is 17.6 Å². The molecule has 0 radical (unpaired) electrons. The molecule has 0 saturated carbocycles. The summed E-state index contributed by atoms with van der Waals surface area (Å²) in [6.45, 7) is 1.68. The number of anilines is 1. The summed E-state index contributed by atoms with van der Waals surface area (Å²) in [4.78, 5) is 12.1. The topological polar surface area (TPSA) is 49.3 Å². The number of aliphatic hydroxyl groups excluding tert-OH is 1. The van der Waals surface area contributed by atoms with Gasteiger partial charge in [-0.05, 0) is 36.1 Å². The Labute approximate surface area is 126 Å². The van der Waals surface area contributed by atoms with Gasteiger partial charge in [0.15, 0.2) is 0 Å². The first-order chi connectivity index (χ1) is 9.61. The van der Waals surface area contributed by atoms with E-state index >= 15 is 0 Å². The molecule has 2 aromatic rings. The SMILES string of the molecule is Cc1cscc1C(=O)Nc1cc(C#CCO)ccc1Cl. The number of carbonyl (C=O) groups excluding carboxylic acids is 1. The third-order valence-electron chi connectivity index (χ3n) is 2.63. The zero-order chi connectivity index (χ0) is 14.5. The summed E-state index contributed by atoms with van der Waals surface area (Å²) in [7, 11) is 0. The van der Waals surface area contributed by atoms with Crippen LogP contribution in [-0.2, 0) is 0 Å². The van der Waals surface area contributed by atoms with Crippen molar-refractivity contribution in [3.8, 4) is 11.8 Å². The van der Waals surface area contributed by atoms with E-state index in [1.165, 1.54) is 11.3 Å². The molecule has 2 N–H and O–H groups in total. The third-order valence-corrected chi connectivity index (χ3v) is 3.82. The highest BCUT2D eigenvalue weighted by Crippen LogP contribution is 2.24. The highest BCUT2D eigenvalue weighted by atomic mass is 35.5. The molecule has 20 heavy (non-hydrogen) atoms. The minimum absolute atomic E-state index is 0.196. The van der Waals surface area contributed by atoms with E-state index in [9.17, 15) is 4.79 Å². The molecule has 1 aromatic carbocycles. The first kappa shape index (κ1) is 14.6. The number of amides is 1. The number of thiophene rings is 1. The van der Waals surface area contributed by atoms with Gasteiger partial charge in [-0.3, -0.25) is 4.79 Å². The zero-order valence-electron chi connectivity index (χ0n) is 10.7. The van der Waals surface area contributed by atoms with Crippen LogP contribution >= 0.6 is 22.9 Å². The number of aliphatic hydroxyl groups is 1. The maximum Gasteiger partial charge on any atom is 0.256 e. The number of hydrogen-bond acceptors (Lipinski definition) is 3. The molecule has 5 heteroatoms. The van der Waals surface area contributed by atoms with Gasteiger partial charge in [0.1, 0.15) is 6.61 Å². The van der Waals surface area contributed by atoms with Gasteiger partial charge in [-0.15, -0.1) is 0 Å². The number of aryl methyl sites for hydroxylation is 1. The predicted molar refractivity (Wildman–Crippen MR) is 82.4 cm³/mol. The van der Waals surface area contributed by atoms with Crippen LogP contribution in [0.15, 0.2) is 29.0 Å². The van der Waals surface area contributed by atoms with Crippen molar-refractivity contribution < 1.29 is 9.90 Å². The lowest BCUT2D eigenvalue weighted by molar-refractivity contribution is 0.102. The Hall–Kier alpha value is -1.80. The van der Waals surface area contributed by atoms with E-state index < -0.39 is 0 Å². The smallest absolute Gasteiger partial charge is 0.256 e. The Morgan fingerprint density at radius 3 is 2.90 bits per heavy atom. The molecule has 2 rings (SSSR count). The summed E-state index contributed by atoms with van der Waals surface area (Å²) in [5, 5.41) is 15.6. The average molecular weight is 306 g/mol. The van der Waals surface area contributed by atoms with Crippen molar-refractivity contribution in [2.24, 2.45) is 0 Å². The Balaban J connectivity index is 2.25. The molecule has 0 spiro atoms. The van der Waals surface area contributed by atoms with Gasteiger partial charge < -0.3 is 10.4 Å². The lowest BCUT2D eigenvalue weighted by Crippen LogP contribution is -2.12. The molecular formula is C15H12ClNO2S. The van der Waals surface area contributed by atoms with E-state index in [4.69, 9.17) is 16.7 Å². The normalized spacial score (nSPS) is 9.75. The second kappa shape index (κ2) is 6.58. The minimum Gasteiger partial charge on any atom is -0.384 e. The van der Waals surface area contributed by atoms with Gasteiger partial charge in [0.25, 0.3) is 5.91 Å². The average Bonchev–Trinajstić information content (AvgIpc) is 2.86. The maximum atomic E-state index is 12.1. The number of rotatable bonds is 2. The monoisotopic (exact) mass is 305 g/mol. The van der Waals surface area contributed by atoms with Crippen LogP contribution < -0.4 is 5.32 Å². The first-order valence-corrected chi connectivity index (χ1v) is 7.17. The fraction of sp³-hybridized carbons (Fsp3) is 0.133. The van der Waals surface area contributed by atoms with E-state index in [-0.39, 0.29) is 12.5 Å². The minimum atomic E-state index is -0.210. The molecule has 0 aliphatic heterocycles. The van der Waals surface area contributed by atoms with Crippen LogP contribution in [0.5, 0.6) is 0 Å². The summed E-state index contributed by atoms with van der Waals surface area (Å²) in [5.74, 6) is 5.13. The summed E-state index contributed by atoms with van der Waals surface area (Å²) >= 11 is 7.55.